The molecule has 4 heteroatoms. The van der Waals surface area contributed by atoms with Gasteiger partial charge in [-0.05, 0) is 31.1 Å². The summed E-state index contributed by atoms with van der Waals surface area (Å²) in [6, 6.07) is -0.734. The largest absolute Gasteiger partial charge is 0.480 e. The average molecular weight is 241 g/mol. The lowest BCUT2D eigenvalue weighted by molar-refractivity contribution is -0.143. The van der Waals surface area contributed by atoms with E-state index in [1.165, 1.54) is 0 Å². The summed E-state index contributed by atoms with van der Waals surface area (Å²) in [5.74, 6) is -0.967. The van der Waals surface area contributed by atoms with Crippen LogP contribution in [0.15, 0.2) is 0 Å². The first-order valence-electron chi connectivity index (χ1n) is 6.33. The molecule has 1 amide bonds. The fourth-order valence-electron chi connectivity index (χ4n) is 1.79. The van der Waals surface area contributed by atoms with Crippen LogP contribution in [0.5, 0.6) is 0 Å². The molecule has 0 aromatic heterocycles. The molecule has 1 fully saturated rings. The van der Waals surface area contributed by atoms with Gasteiger partial charge >= 0.3 is 5.97 Å². The topological polar surface area (TPSA) is 66.4 Å². The van der Waals surface area contributed by atoms with Crippen molar-refractivity contribution >= 4 is 11.9 Å². The smallest absolute Gasteiger partial charge is 0.326 e. The van der Waals surface area contributed by atoms with Crippen LogP contribution in [-0.2, 0) is 9.59 Å². The van der Waals surface area contributed by atoms with Crippen LogP contribution in [0.25, 0.3) is 0 Å². The molecular weight excluding hydrogens is 218 g/mol. The van der Waals surface area contributed by atoms with Crippen LogP contribution in [0.4, 0.5) is 0 Å². The monoisotopic (exact) mass is 241 g/mol. The molecule has 0 radical (unpaired) electrons. The van der Waals surface area contributed by atoms with Gasteiger partial charge in [-0.25, -0.2) is 4.79 Å². The fraction of sp³-hybridized carbons (Fsp3) is 0.846. The summed E-state index contributed by atoms with van der Waals surface area (Å²) in [7, 11) is 0. The molecule has 4 nitrogen and oxygen atoms in total. The van der Waals surface area contributed by atoms with Gasteiger partial charge in [-0.15, -0.1) is 0 Å². The molecule has 0 aromatic carbocycles. The van der Waals surface area contributed by atoms with Crippen LogP contribution in [0.1, 0.15) is 52.9 Å². The van der Waals surface area contributed by atoms with Gasteiger partial charge in [0.05, 0.1) is 0 Å². The lowest BCUT2D eigenvalue weighted by Crippen LogP contribution is -2.45. The zero-order valence-electron chi connectivity index (χ0n) is 11.0. The molecule has 0 aromatic rings. The molecule has 1 aliphatic rings. The van der Waals surface area contributed by atoms with E-state index < -0.39 is 12.0 Å². The van der Waals surface area contributed by atoms with Crippen molar-refractivity contribution in [3.05, 3.63) is 0 Å². The first-order chi connectivity index (χ1) is 7.79. The summed E-state index contributed by atoms with van der Waals surface area (Å²) in [6.45, 7) is 6.21. The lowest BCUT2D eigenvalue weighted by atomic mass is 9.84. The maximum Gasteiger partial charge on any atom is 0.326 e. The van der Waals surface area contributed by atoms with E-state index in [4.69, 9.17) is 5.11 Å². The van der Waals surface area contributed by atoms with Crippen molar-refractivity contribution in [1.29, 1.82) is 0 Å². The van der Waals surface area contributed by atoms with Crippen molar-refractivity contribution in [1.82, 2.24) is 5.32 Å². The van der Waals surface area contributed by atoms with E-state index >= 15 is 0 Å². The van der Waals surface area contributed by atoms with Gasteiger partial charge in [0, 0.05) is 5.92 Å². The van der Waals surface area contributed by atoms with Gasteiger partial charge in [0.25, 0.3) is 0 Å². The average Bonchev–Trinajstić information content (AvgIpc) is 2.06. The van der Waals surface area contributed by atoms with Crippen LogP contribution in [-0.4, -0.2) is 23.0 Å². The highest BCUT2D eigenvalue weighted by atomic mass is 16.4. The van der Waals surface area contributed by atoms with Crippen LogP contribution >= 0.6 is 0 Å². The highest BCUT2D eigenvalue weighted by molar-refractivity contribution is 5.85. The number of hydrogen-bond donors (Lipinski definition) is 2. The molecule has 0 saturated heterocycles. The minimum atomic E-state index is -0.929. The SMILES string of the molecule is CC(C)(C)CCC(NC(=O)C1CCC1)C(=O)O. The van der Waals surface area contributed by atoms with Crippen molar-refractivity contribution in [2.75, 3.05) is 0 Å². The first-order valence-corrected chi connectivity index (χ1v) is 6.33. The Morgan fingerprint density at radius 1 is 1.35 bits per heavy atom. The second kappa shape index (κ2) is 5.52. The Morgan fingerprint density at radius 3 is 2.29 bits per heavy atom. The van der Waals surface area contributed by atoms with Gasteiger partial charge < -0.3 is 10.4 Å². The Balaban J connectivity index is 2.42. The van der Waals surface area contributed by atoms with Gasteiger partial charge in [-0.1, -0.05) is 27.2 Å². The summed E-state index contributed by atoms with van der Waals surface area (Å²) in [4.78, 5) is 22.8. The van der Waals surface area contributed by atoms with Gasteiger partial charge in [0.1, 0.15) is 6.04 Å². The van der Waals surface area contributed by atoms with Crippen molar-refractivity contribution in [3.8, 4) is 0 Å². The molecule has 0 aliphatic heterocycles. The molecule has 1 unspecified atom stereocenters. The number of hydrogen-bond acceptors (Lipinski definition) is 2. The third-order valence-electron chi connectivity index (χ3n) is 3.27. The van der Waals surface area contributed by atoms with Crippen LogP contribution < -0.4 is 5.32 Å². The molecule has 0 heterocycles. The summed E-state index contributed by atoms with van der Waals surface area (Å²) in [5.41, 5.74) is 0.0922. The molecule has 98 valence electrons. The molecule has 1 rings (SSSR count). The molecule has 1 aliphatic carbocycles. The molecule has 0 spiro atoms. The van der Waals surface area contributed by atoms with Gasteiger partial charge in [-0.3, -0.25) is 4.79 Å². The quantitative estimate of drug-likeness (QED) is 0.775. The van der Waals surface area contributed by atoms with E-state index in [-0.39, 0.29) is 17.2 Å². The fourth-order valence-corrected chi connectivity index (χ4v) is 1.79. The molecule has 1 saturated carbocycles. The zero-order valence-corrected chi connectivity index (χ0v) is 11.0. The Morgan fingerprint density at radius 2 is 1.94 bits per heavy atom. The van der Waals surface area contributed by atoms with E-state index in [0.717, 1.165) is 25.7 Å². The van der Waals surface area contributed by atoms with E-state index in [2.05, 4.69) is 26.1 Å². The first kappa shape index (κ1) is 14.0. The Kier molecular flexibility index (Phi) is 4.54. The highest BCUT2D eigenvalue weighted by Crippen LogP contribution is 2.27. The molecule has 2 N–H and O–H groups in total. The van der Waals surface area contributed by atoms with E-state index in [1.54, 1.807) is 0 Å². The number of carboxylic acid groups (broad SMARTS) is 1. The predicted molar refractivity (Wildman–Crippen MR) is 65.6 cm³/mol. The Bertz CT molecular complexity index is 290. The summed E-state index contributed by atoms with van der Waals surface area (Å²) in [5, 5.41) is 11.7. The van der Waals surface area contributed by atoms with Crippen molar-refractivity contribution in [2.24, 2.45) is 11.3 Å². The third-order valence-corrected chi connectivity index (χ3v) is 3.27. The van der Waals surface area contributed by atoms with E-state index in [0.29, 0.717) is 6.42 Å². The van der Waals surface area contributed by atoms with E-state index in [9.17, 15) is 9.59 Å². The van der Waals surface area contributed by atoms with Crippen molar-refractivity contribution in [3.63, 3.8) is 0 Å². The van der Waals surface area contributed by atoms with Crippen LogP contribution in [0.3, 0.4) is 0 Å². The number of aliphatic carboxylic acids is 1. The summed E-state index contributed by atoms with van der Waals surface area (Å²) >= 11 is 0. The zero-order chi connectivity index (χ0) is 13.1. The second-order valence-electron chi connectivity index (χ2n) is 6.13. The normalized spacial score (nSPS) is 18.3. The van der Waals surface area contributed by atoms with E-state index in [1.807, 2.05) is 0 Å². The number of carboxylic acids is 1. The molecule has 0 bridgehead atoms. The van der Waals surface area contributed by atoms with Crippen molar-refractivity contribution < 1.29 is 14.7 Å². The second-order valence-corrected chi connectivity index (χ2v) is 6.13. The third kappa shape index (κ3) is 4.75. The van der Waals surface area contributed by atoms with Crippen LogP contribution in [0, 0.1) is 11.3 Å². The number of carbonyl (C=O) groups is 2. The predicted octanol–water partition coefficient (Wildman–Crippen LogP) is 2.18. The Labute approximate surface area is 103 Å². The standard InChI is InChI=1S/C13H23NO3/c1-13(2,3)8-7-10(12(16)17)14-11(15)9-5-4-6-9/h9-10H,4-8H2,1-3H3,(H,14,15)(H,16,17). The molecule has 1 atom stereocenters. The molecule has 17 heavy (non-hydrogen) atoms. The van der Waals surface area contributed by atoms with Crippen molar-refractivity contribution in [2.45, 2.75) is 58.9 Å². The maximum absolute atomic E-state index is 11.7. The minimum absolute atomic E-state index is 0.0477. The van der Waals surface area contributed by atoms with Gasteiger partial charge in [0.15, 0.2) is 0 Å². The summed E-state index contributed by atoms with van der Waals surface area (Å²) in [6.07, 6.45) is 4.17. The maximum atomic E-state index is 11.7. The lowest BCUT2D eigenvalue weighted by Gasteiger charge is -2.27. The van der Waals surface area contributed by atoms with Gasteiger partial charge in [0.2, 0.25) is 5.91 Å². The Hall–Kier alpha value is -1.06. The van der Waals surface area contributed by atoms with Gasteiger partial charge in [-0.2, -0.15) is 0 Å². The minimum Gasteiger partial charge on any atom is -0.480 e. The highest BCUT2D eigenvalue weighted by Gasteiger charge is 2.29. The number of nitrogens with one attached hydrogen (secondary N) is 1. The number of amides is 1. The number of rotatable bonds is 5. The summed E-state index contributed by atoms with van der Waals surface area (Å²) < 4.78 is 0. The van der Waals surface area contributed by atoms with Crippen LogP contribution in [0.2, 0.25) is 0 Å². The number of carbonyl (C=O) groups excluding carboxylic acids is 1. The molecular formula is C13H23NO3.